The van der Waals surface area contributed by atoms with Crippen LogP contribution in [0.25, 0.3) is 0 Å². The molecule has 3 nitrogen and oxygen atoms in total. The number of hydrogen-bond acceptors (Lipinski definition) is 3. The molecule has 0 aliphatic rings. The molecule has 1 rings (SSSR count). The quantitative estimate of drug-likeness (QED) is 0.595. The van der Waals surface area contributed by atoms with Gasteiger partial charge in [0.2, 0.25) is 0 Å². The Labute approximate surface area is 119 Å². The van der Waals surface area contributed by atoms with Crippen molar-refractivity contribution in [2.45, 2.75) is 45.3 Å². The molecule has 1 atom stereocenters. The molecule has 108 valence electrons. The van der Waals surface area contributed by atoms with E-state index < -0.39 is 5.60 Å². The van der Waals surface area contributed by atoms with Crippen molar-refractivity contribution in [2.75, 3.05) is 6.61 Å². The molecule has 0 heterocycles. The zero-order valence-electron chi connectivity index (χ0n) is 11.7. The third-order valence-electron chi connectivity index (χ3n) is 3.59. The van der Waals surface area contributed by atoms with Crippen LogP contribution in [-0.2, 0) is 4.74 Å². The molecule has 0 spiro atoms. The smallest absolute Gasteiger partial charge is 0.123 e. The molecular weight excluding hydrogens is 267 g/mol. The highest BCUT2D eigenvalue weighted by Crippen LogP contribution is 2.38. The average molecular weight is 289 g/mol. The lowest BCUT2D eigenvalue weighted by atomic mass is 9.84. The Balaban J connectivity index is 3.26. The van der Waals surface area contributed by atoms with E-state index in [2.05, 4.69) is 5.43 Å². The molecule has 0 amide bonds. The van der Waals surface area contributed by atoms with Crippen LogP contribution in [0.5, 0.6) is 0 Å². The van der Waals surface area contributed by atoms with Gasteiger partial charge in [0, 0.05) is 11.6 Å². The summed E-state index contributed by atoms with van der Waals surface area (Å²) in [7, 11) is 0. The molecule has 1 aromatic rings. The number of hydrogen-bond donors (Lipinski definition) is 2. The number of hydrazine groups is 1. The molecule has 0 aromatic heterocycles. The fourth-order valence-corrected chi connectivity index (χ4v) is 2.72. The highest BCUT2D eigenvalue weighted by Gasteiger charge is 2.38. The Morgan fingerprint density at radius 3 is 2.47 bits per heavy atom. The molecule has 0 bridgehead atoms. The predicted octanol–water partition coefficient (Wildman–Crippen LogP) is 3.58. The number of ether oxygens (including phenoxy) is 1. The molecule has 0 saturated carbocycles. The number of halogens is 2. The van der Waals surface area contributed by atoms with Crippen molar-refractivity contribution in [1.82, 2.24) is 5.43 Å². The normalized spacial score (nSPS) is 13.6. The largest absolute Gasteiger partial charge is 0.373 e. The van der Waals surface area contributed by atoms with Gasteiger partial charge in [-0.25, -0.2) is 4.39 Å². The van der Waals surface area contributed by atoms with Crippen LogP contribution in [0.3, 0.4) is 0 Å². The number of nitrogens with two attached hydrogens (primary N) is 1. The van der Waals surface area contributed by atoms with E-state index in [9.17, 15) is 4.39 Å². The molecule has 0 radical (unpaired) electrons. The Kier molecular flexibility index (Phi) is 6.20. The van der Waals surface area contributed by atoms with Gasteiger partial charge in [-0.15, -0.1) is 0 Å². The maximum Gasteiger partial charge on any atom is 0.123 e. The zero-order chi connectivity index (χ0) is 14.5. The first-order valence-electron chi connectivity index (χ1n) is 6.59. The number of benzene rings is 1. The summed E-state index contributed by atoms with van der Waals surface area (Å²) in [6.45, 7) is 6.54. The van der Waals surface area contributed by atoms with E-state index in [-0.39, 0.29) is 11.9 Å². The predicted molar refractivity (Wildman–Crippen MR) is 76.4 cm³/mol. The summed E-state index contributed by atoms with van der Waals surface area (Å²) >= 11 is 6.17. The Morgan fingerprint density at radius 2 is 2.00 bits per heavy atom. The maximum absolute atomic E-state index is 13.5. The molecule has 1 aromatic carbocycles. The number of nitrogens with one attached hydrogen (secondary N) is 1. The van der Waals surface area contributed by atoms with E-state index in [1.165, 1.54) is 12.1 Å². The van der Waals surface area contributed by atoms with Crippen LogP contribution in [0.15, 0.2) is 18.2 Å². The van der Waals surface area contributed by atoms with Gasteiger partial charge in [0.05, 0.1) is 11.6 Å². The SMILES string of the molecule is CCOC(CC)(CC)C(NN)c1cc(F)ccc1Cl. The van der Waals surface area contributed by atoms with Crippen molar-refractivity contribution in [1.29, 1.82) is 0 Å². The summed E-state index contributed by atoms with van der Waals surface area (Å²) in [5, 5.41) is 0.482. The fraction of sp³-hybridized carbons (Fsp3) is 0.571. The second-order valence-electron chi connectivity index (χ2n) is 4.47. The monoisotopic (exact) mass is 288 g/mol. The lowest BCUT2D eigenvalue weighted by Gasteiger charge is -2.39. The minimum Gasteiger partial charge on any atom is -0.373 e. The summed E-state index contributed by atoms with van der Waals surface area (Å²) in [6.07, 6.45) is 1.50. The summed E-state index contributed by atoms with van der Waals surface area (Å²) in [5.74, 6) is 5.34. The molecule has 0 fully saturated rings. The second kappa shape index (κ2) is 7.20. The first kappa shape index (κ1) is 16.4. The van der Waals surface area contributed by atoms with Gasteiger partial charge in [-0.1, -0.05) is 25.4 Å². The maximum atomic E-state index is 13.5. The Bertz CT molecular complexity index is 410. The van der Waals surface area contributed by atoms with Crippen LogP contribution in [0, 0.1) is 5.82 Å². The van der Waals surface area contributed by atoms with Gasteiger partial charge in [-0.2, -0.15) is 0 Å². The van der Waals surface area contributed by atoms with E-state index in [1.807, 2.05) is 20.8 Å². The molecule has 19 heavy (non-hydrogen) atoms. The van der Waals surface area contributed by atoms with E-state index in [4.69, 9.17) is 22.2 Å². The summed E-state index contributed by atoms with van der Waals surface area (Å²) in [5.41, 5.74) is 2.87. The van der Waals surface area contributed by atoms with Crippen molar-refractivity contribution < 1.29 is 9.13 Å². The van der Waals surface area contributed by atoms with Crippen molar-refractivity contribution in [3.8, 4) is 0 Å². The van der Waals surface area contributed by atoms with Gasteiger partial charge < -0.3 is 4.74 Å². The van der Waals surface area contributed by atoms with E-state index in [0.717, 1.165) is 12.8 Å². The lowest BCUT2D eigenvalue weighted by Crippen LogP contribution is -2.48. The highest BCUT2D eigenvalue weighted by atomic mass is 35.5. The van der Waals surface area contributed by atoms with Gasteiger partial charge in [-0.05, 0) is 43.5 Å². The van der Waals surface area contributed by atoms with Crippen LogP contribution >= 0.6 is 11.6 Å². The van der Waals surface area contributed by atoms with E-state index in [1.54, 1.807) is 6.07 Å². The summed E-state index contributed by atoms with van der Waals surface area (Å²) < 4.78 is 19.4. The lowest BCUT2D eigenvalue weighted by molar-refractivity contribution is -0.0734. The van der Waals surface area contributed by atoms with Crippen molar-refractivity contribution in [3.63, 3.8) is 0 Å². The first-order chi connectivity index (χ1) is 9.04. The number of rotatable bonds is 7. The molecule has 0 saturated heterocycles. The second-order valence-corrected chi connectivity index (χ2v) is 4.88. The van der Waals surface area contributed by atoms with Gasteiger partial charge >= 0.3 is 0 Å². The average Bonchev–Trinajstić information content (AvgIpc) is 2.42. The van der Waals surface area contributed by atoms with Gasteiger partial charge in [-0.3, -0.25) is 11.3 Å². The Hall–Kier alpha value is -0.680. The summed E-state index contributed by atoms with van der Waals surface area (Å²) in [4.78, 5) is 0. The van der Waals surface area contributed by atoms with Gasteiger partial charge in [0.1, 0.15) is 5.82 Å². The standard InChI is InChI=1S/C14H22ClFN2O/c1-4-14(5-2,19-6-3)13(18-17)11-9-10(16)7-8-12(11)15/h7-9,13,18H,4-6,17H2,1-3H3. The zero-order valence-corrected chi connectivity index (χ0v) is 12.4. The van der Waals surface area contributed by atoms with E-state index in [0.29, 0.717) is 17.2 Å². The van der Waals surface area contributed by atoms with Gasteiger partial charge in [0.25, 0.3) is 0 Å². The van der Waals surface area contributed by atoms with Crippen LogP contribution in [0.1, 0.15) is 45.2 Å². The van der Waals surface area contributed by atoms with Crippen molar-refractivity contribution >= 4 is 11.6 Å². The minimum atomic E-state index is -0.499. The molecule has 1 unspecified atom stereocenters. The van der Waals surface area contributed by atoms with Crippen LogP contribution in [0.4, 0.5) is 4.39 Å². The van der Waals surface area contributed by atoms with Crippen LogP contribution in [0.2, 0.25) is 5.02 Å². The van der Waals surface area contributed by atoms with Crippen LogP contribution < -0.4 is 11.3 Å². The van der Waals surface area contributed by atoms with Gasteiger partial charge in [0.15, 0.2) is 0 Å². The third-order valence-corrected chi connectivity index (χ3v) is 3.93. The molecule has 0 aliphatic heterocycles. The Morgan fingerprint density at radius 1 is 1.37 bits per heavy atom. The molecule has 5 heteroatoms. The summed E-state index contributed by atoms with van der Waals surface area (Å²) in [6, 6.07) is 3.93. The first-order valence-corrected chi connectivity index (χ1v) is 6.97. The third kappa shape index (κ3) is 3.45. The fourth-order valence-electron chi connectivity index (χ4n) is 2.49. The van der Waals surface area contributed by atoms with E-state index >= 15 is 0 Å². The van der Waals surface area contributed by atoms with Crippen LogP contribution in [-0.4, -0.2) is 12.2 Å². The molecule has 3 N–H and O–H groups in total. The highest BCUT2D eigenvalue weighted by molar-refractivity contribution is 6.31. The van der Waals surface area contributed by atoms with Crippen molar-refractivity contribution in [3.05, 3.63) is 34.6 Å². The molecular formula is C14H22ClFN2O. The topological polar surface area (TPSA) is 47.3 Å². The minimum absolute atomic E-state index is 0.336. The van der Waals surface area contributed by atoms with Crippen molar-refractivity contribution in [2.24, 2.45) is 5.84 Å². The molecule has 0 aliphatic carbocycles.